The molecule has 24 nitrogen and oxygen atoms in total. The van der Waals surface area contributed by atoms with Crippen LogP contribution in [0.25, 0.3) is 0 Å². The predicted octanol–water partition coefficient (Wildman–Crippen LogP) is 10.9. The van der Waals surface area contributed by atoms with E-state index >= 15 is 0 Å². The van der Waals surface area contributed by atoms with Crippen LogP contribution in [0.1, 0.15) is 198 Å². The zero-order valence-corrected chi connectivity index (χ0v) is 65.5. The predicted molar refractivity (Wildman–Crippen MR) is 385 cm³/mol. The fraction of sp³-hybridized carbons (Fsp3) is 0.700. The molecule has 1 aromatic rings. The Morgan fingerprint density at radius 2 is 1.50 bits per heavy atom. The molecule has 1 amide bonds. The molecule has 1 aromatic heterocycles. The Bertz CT molecular complexity index is 3590. The Labute approximate surface area is 618 Å². The molecule has 21 atom stereocenters. The van der Waals surface area contributed by atoms with Crippen molar-refractivity contribution >= 4 is 67.2 Å². The van der Waals surface area contributed by atoms with E-state index in [0.29, 0.717) is 92.9 Å². The highest BCUT2D eigenvalue weighted by Crippen LogP contribution is 2.63. The van der Waals surface area contributed by atoms with E-state index < -0.39 is 175 Å². The number of ether oxygens (including phenoxy) is 10. The Morgan fingerprint density at radius 1 is 0.771 bits per heavy atom. The maximum atomic E-state index is 15.0. The highest BCUT2D eigenvalue weighted by molar-refractivity contribution is 6.69. The van der Waals surface area contributed by atoms with Crippen molar-refractivity contribution in [3.63, 3.8) is 0 Å². The van der Waals surface area contributed by atoms with Crippen LogP contribution in [0.15, 0.2) is 69.4 Å². The van der Waals surface area contributed by atoms with Gasteiger partial charge in [0, 0.05) is 89.1 Å². The van der Waals surface area contributed by atoms with Gasteiger partial charge in [-0.2, -0.15) is 0 Å². The van der Waals surface area contributed by atoms with Gasteiger partial charge in [0.15, 0.2) is 19.9 Å². The number of ketones is 4. The molecule has 8 aliphatic rings. The van der Waals surface area contributed by atoms with Crippen molar-refractivity contribution in [2.45, 2.75) is 270 Å². The summed E-state index contributed by atoms with van der Waals surface area (Å²) in [5, 5.41) is 12.2. The molecular formula is C80H113NO23Si. The van der Waals surface area contributed by atoms with Gasteiger partial charge in [0.05, 0.1) is 36.4 Å². The summed E-state index contributed by atoms with van der Waals surface area (Å²) < 4.78 is 73.0. The first-order valence-corrected chi connectivity index (χ1v) is 41.1. The topological polar surface area (TPSA) is 309 Å². The molecule has 105 heavy (non-hydrogen) atoms. The summed E-state index contributed by atoms with van der Waals surface area (Å²) in [6.07, 6.45) is 8.60. The van der Waals surface area contributed by atoms with Crippen LogP contribution in [-0.2, 0) is 95.6 Å². The van der Waals surface area contributed by atoms with E-state index in [1.807, 2.05) is 98.5 Å². The Balaban J connectivity index is 0.920. The fourth-order valence-corrected chi connectivity index (χ4v) is 19.0. The van der Waals surface area contributed by atoms with Gasteiger partial charge in [-0.25, -0.2) is 9.59 Å². The smallest absolute Gasteiger partial charge is 0.342 e. The standard InChI is InChI=1S/C80H113NO23Si/c1-43-23-19-18-20-24-44(2)58(94-12)37-52-28-26-49(7)80(92,103-52)74(88)75(89)81-32-22-21-25-55(81)77(91)100-59(38-56(83)45(3)34-48(6)71(104-105(15,16)17)73(96-14)69(86)47(5)33-43)46(4)35-51-27-30-57(60(36-51)95-13)99-64(84)39-65(85)101-62-31-29-54-66-68(61(98-50(8)82)40-78(54,62)9)79(10)63(42-93-11)102-76(90)53-41-97-72(67(53)79)70(66)87/h18-20,23-24,34,41,43,45-47,49,51-52,54-55,57-63,71,73,92H,21-22,25-33,35-40,42H2,1-17H3/b20-18+,23-19+,44-24+,48-34+/t43-,45-,46-,47-,49-,51+,52+,54?,55+,57-,58+,59+,60-,61-,62+,63-,71-,73+,78+,79+,80-/m1/s1. The lowest BCUT2D eigenvalue weighted by Gasteiger charge is -2.52. The average molecular weight is 1480 g/mol. The summed E-state index contributed by atoms with van der Waals surface area (Å²) in [6, 6.07) is -1.25. The number of piperidine rings is 1. The van der Waals surface area contributed by atoms with Crippen LogP contribution in [0.4, 0.5) is 0 Å². The SMILES string of the molecule is COC[C@H]1OC(=O)c2coc3c2[C@@]1(C)C1=C(C3=O)C2CC[C@H](OC(=O)CC(=O)O[C@@H]3CC[C@@H](C[C@@H](C)[C@@H]4CC(=O)[C@H](C)/C=C(\C)[C@@H](O[Si](C)(C)C)[C@@H](OC)C(=O)[C@H](C)C[C@H](C)/C=C/C=C/C=C(\C)[C@@H](OC)C[C@@H]5CC[C@@H](C)[C@@](O)(O5)C(=O)C(=O)N5CCCC[C@H]5C(=O)O4)C[C@H]3OC)[C@@]2(C)C[C@H]1OC(C)=O. The summed E-state index contributed by atoms with van der Waals surface area (Å²) in [5.74, 6) is -12.6. The van der Waals surface area contributed by atoms with Gasteiger partial charge in [0.1, 0.15) is 66.7 Å². The second-order valence-corrected chi connectivity index (χ2v) is 36.9. The molecule has 25 heteroatoms. The van der Waals surface area contributed by atoms with Gasteiger partial charge in [0.25, 0.3) is 11.7 Å². The molecule has 580 valence electrons. The lowest BCUT2D eigenvalue weighted by molar-refractivity contribution is -0.265. The molecule has 4 fully saturated rings. The maximum Gasteiger partial charge on any atom is 0.342 e. The average Bonchev–Trinajstić information content (AvgIpc) is 1.59. The number of hydrogen-bond donors (Lipinski definition) is 1. The first kappa shape index (κ1) is 82.5. The first-order valence-electron chi connectivity index (χ1n) is 37.7. The number of allylic oxidation sites excluding steroid dienone is 7. The molecule has 2 bridgehead atoms. The zero-order chi connectivity index (χ0) is 76.9. The lowest BCUT2D eigenvalue weighted by Crippen LogP contribution is -2.61. The van der Waals surface area contributed by atoms with Crippen molar-refractivity contribution in [3.05, 3.63) is 81.9 Å². The highest BCUT2D eigenvalue weighted by atomic mass is 28.4. The summed E-state index contributed by atoms with van der Waals surface area (Å²) in [4.78, 5) is 144. The minimum absolute atomic E-state index is 0.00241. The molecule has 2 saturated heterocycles. The number of fused-ring (bicyclic) bond motifs is 6. The molecule has 1 N–H and O–H groups in total. The Hall–Kier alpha value is -6.58. The molecule has 0 spiro atoms. The molecule has 0 aromatic carbocycles. The third-order valence-corrected chi connectivity index (χ3v) is 24.6. The number of hydrogen-bond acceptors (Lipinski definition) is 23. The molecule has 5 heterocycles. The molecule has 1 unspecified atom stereocenters. The molecular weight excluding hydrogens is 1370 g/mol. The van der Waals surface area contributed by atoms with Crippen molar-refractivity contribution in [3.8, 4) is 0 Å². The summed E-state index contributed by atoms with van der Waals surface area (Å²) in [5.41, 5.74) is 0.590. The maximum absolute atomic E-state index is 15.0. The number of cyclic esters (lactones) is 2. The van der Waals surface area contributed by atoms with Gasteiger partial charge in [-0.1, -0.05) is 78.0 Å². The van der Waals surface area contributed by atoms with Crippen molar-refractivity contribution in [2.75, 3.05) is 41.6 Å². The van der Waals surface area contributed by atoms with Crippen molar-refractivity contribution in [1.82, 2.24) is 4.90 Å². The summed E-state index contributed by atoms with van der Waals surface area (Å²) in [7, 11) is 3.62. The molecule has 0 radical (unpaired) electrons. The van der Waals surface area contributed by atoms with E-state index in [1.54, 1.807) is 27.0 Å². The number of amides is 1. The largest absolute Gasteiger partial charge is 0.461 e. The van der Waals surface area contributed by atoms with Crippen LogP contribution in [0, 0.1) is 46.8 Å². The van der Waals surface area contributed by atoms with Gasteiger partial charge in [-0.3, -0.25) is 38.4 Å². The third kappa shape index (κ3) is 17.9. The Kier molecular flexibility index (Phi) is 27.0. The van der Waals surface area contributed by atoms with E-state index in [9.17, 15) is 53.1 Å². The second kappa shape index (κ2) is 34.3. The first-order chi connectivity index (χ1) is 49.5. The number of esters is 5. The van der Waals surface area contributed by atoms with E-state index in [4.69, 9.17) is 56.2 Å². The van der Waals surface area contributed by atoms with Gasteiger partial charge in [0.2, 0.25) is 11.6 Å². The molecule has 4 aliphatic heterocycles. The van der Waals surface area contributed by atoms with Gasteiger partial charge >= 0.3 is 29.8 Å². The van der Waals surface area contributed by atoms with Crippen LogP contribution in [0.5, 0.6) is 0 Å². The number of methoxy groups -OCH3 is 4. The van der Waals surface area contributed by atoms with Crippen molar-refractivity contribution in [2.24, 2.45) is 46.8 Å². The fourth-order valence-electron chi connectivity index (χ4n) is 17.9. The summed E-state index contributed by atoms with van der Waals surface area (Å²) >= 11 is 0. The quantitative estimate of drug-likeness (QED) is 0.0426. The van der Waals surface area contributed by atoms with Gasteiger partial charge in [-0.15, -0.1) is 0 Å². The minimum atomic E-state index is -2.51. The van der Waals surface area contributed by atoms with Gasteiger partial charge in [-0.05, 0) is 164 Å². The third-order valence-electron chi connectivity index (χ3n) is 23.6. The zero-order valence-electron chi connectivity index (χ0n) is 64.5. The number of aliphatic hydroxyl groups is 1. The second-order valence-electron chi connectivity index (χ2n) is 32.4. The minimum Gasteiger partial charge on any atom is -0.461 e. The van der Waals surface area contributed by atoms with Crippen molar-refractivity contribution < 1.29 is 109 Å². The normalized spacial score (nSPS) is 37.6. The van der Waals surface area contributed by atoms with Crippen LogP contribution in [-0.4, -0.2) is 192 Å². The van der Waals surface area contributed by atoms with E-state index in [1.165, 1.54) is 39.4 Å². The van der Waals surface area contributed by atoms with Crippen LogP contribution in [0.2, 0.25) is 19.6 Å². The number of furan rings is 1. The molecule has 4 aliphatic carbocycles. The lowest BCUT2D eigenvalue weighted by atomic mass is 9.54. The number of nitrogens with zero attached hydrogens (tertiary/aromatic N) is 1. The molecule has 2 saturated carbocycles. The number of Topliss-reactive ketones (excluding diaryl/α,β-unsaturated/α-hetero) is 4. The van der Waals surface area contributed by atoms with Crippen LogP contribution >= 0.6 is 0 Å². The van der Waals surface area contributed by atoms with Crippen LogP contribution < -0.4 is 0 Å². The van der Waals surface area contributed by atoms with Gasteiger partial charge < -0.3 is 66.2 Å². The van der Waals surface area contributed by atoms with E-state index in [0.717, 1.165) is 5.57 Å². The van der Waals surface area contributed by atoms with E-state index in [-0.39, 0.29) is 73.6 Å². The number of carbonyl (C=O) groups is 10. The van der Waals surface area contributed by atoms with Crippen LogP contribution in [0.3, 0.4) is 0 Å². The highest BCUT2D eigenvalue weighted by Gasteiger charge is 2.65. The Morgan fingerprint density at radius 3 is 2.17 bits per heavy atom. The monoisotopic (exact) mass is 1480 g/mol. The summed E-state index contributed by atoms with van der Waals surface area (Å²) in [6.45, 7) is 23.9. The number of carbonyl (C=O) groups excluding carboxylic acids is 10. The van der Waals surface area contributed by atoms with Crippen molar-refractivity contribution in [1.29, 1.82) is 0 Å². The van der Waals surface area contributed by atoms with E-state index in [2.05, 4.69) is 0 Å². The molecule has 9 rings (SSSR count). The number of rotatable bonds is 15.